The van der Waals surface area contributed by atoms with Crippen LogP contribution in [0.3, 0.4) is 0 Å². The van der Waals surface area contributed by atoms with Crippen LogP contribution in [0.25, 0.3) is 10.4 Å². The van der Waals surface area contributed by atoms with Gasteiger partial charge in [0, 0.05) is 4.91 Å². The Balaban J connectivity index is 2.83. The molecule has 1 aromatic carbocycles. The van der Waals surface area contributed by atoms with Gasteiger partial charge in [-0.05, 0) is 23.4 Å². The highest BCUT2D eigenvalue weighted by Gasteiger charge is 2.10. The maximum atomic E-state index is 8.47. The number of hydrogen-bond acceptors (Lipinski definition) is 1. The lowest BCUT2D eigenvalue weighted by atomic mass is 9.98. The predicted octanol–water partition coefficient (Wildman–Crippen LogP) is 4.08. The van der Waals surface area contributed by atoms with Crippen LogP contribution in [0.1, 0.15) is 31.9 Å². The van der Waals surface area contributed by atoms with Crippen molar-refractivity contribution < 1.29 is 0 Å². The standard InChI is InChI=1S/C11H15N3/c1-9(2)8-11(13-14-12)10-6-4-3-5-7-10/h3-7,9,11H,8H2,1-2H3. The van der Waals surface area contributed by atoms with Gasteiger partial charge in [-0.1, -0.05) is 49.3 Å². The fraction of sp³-hybridized carbons (Fsp3) is 0.455. The van der Waals surface area contributed by atoms with Crippen molar-refractivity contribution in [3.8, 4) is 0 Å². The third-order valence-electron chi connectivity index (χ3n) is 2.07. The van der Waals surface area contributed by atoms with Crippen LogP contribution in [-0.2, 0) is 0 Å². The Bertz CT molecular complexity index is 313. The van der Waals surface area contributed by atoms with Crippen molar-refractivity contribution in [3.63, 3.8) is 0 Å². The first-order chi connectivity index (χ1) is 6.74. The van der Waals surface area contributed by atoms with Gasteiger partial charge < -0.3 is 0 Å². The van der Waals surface area contributed by atoms with Gasteiger partial charge in [0.2, 0.25) is 0 Å². The zero-order valence-electron chi connectivity index (χ0n) is 8.59. The third-order valence-corrected chi connectivity index (χ3v) is 2.07. The molecule has 3 heteroatoms. The van der Waals surface area contributed by atoms with E-state index < -0.39 is 0 Å². The summed E-state index contributed by atoms with van der Waals surface area (Å²) < 4.78 is 0. The molecule has 1 aromatic rings. The molecule has 0 amide bonds. The summed E-state index contributed by atoms with van der Waals surface area (Å²) in [5, 5.41) is 3.82. The third kappa shape index (κ3) is 3.11. The summed E-state index contributed by atoms with van der Waals surface area (Å²) in [5.74, 6) is 0.533. The maximum Gasteiger partial charge on any atom is 0.0627 e. The fourth-order valence-electron chi connectivity index (χ4n) is 1.43. The van der Waals surface area contributed by atoms with Crippen LogP contribution < -0.4 is 0 Å². The topological polar surface area (TPSA) is 48.8 Å². The van der Waals surface area contributed by atoms with E-state index in [1.165, 1.54) is 0 Å². The van der Waals surface area contributed by atoms with E-state index in [1.807, 2.05) is 30.3 Å². The molecule has 0 aliphatic rings. The Labute approximate surface area is 84.4 Å². The van der Waals surface area contributed by atoms with Crippen molar-refractivity contribution in [2.24, 2.45) is 11.0 Å². The van der Waals surface area contributed by atoms with Crippen molar-refractivity contribution in [1.82, 2.24) is 0 Å². The normalized spacial score (nSPS) is 12.2. The summed E-state index contributed by atoms with van der Waals surface area (Å²) in [6.45, 7) is 4.26. The molecule has 3 nitrogen and oxygen atoms in total. The zero-order valence-corrected chi connectivity index (χ0v) is 8.59. The summed E-state index contributed by atoms with van der Waals surface area (Å²) in [4.78, 5) is 2.89. The average molecular weight is 189 g/mol. The molecule has 0 N–H and O–H groups in total. The Kier molecular flexibility index (Phi) is 4.02. The van der Waals surface area contributed by atoms with Crippen LogP contribution in [0.5, 0.6) is 0 Å². The number of benzene rings is 1. The van der Waals surface area contributed by atoms with Crippen molar-refractivity contribution in [2.45, 2.75) is 26.3 Å². The monoisotopic (exact) mass is 189 g/mol. The summed E-state index contributed by atoms with van der Waals surface area (Å²) in [6, 6.07) is 9.88. The second kappa shape index (κ2) is 5.30. The van der Waals surface area contributed by atoms with E-state index >= 15 is 0 Å². The molecule has 1 rings (SSSR count). The lowest BCUT2D eigenvalue weighted by Crippen LogP contribution is -1.99. The second-order valence-electron chi connectivity index (χ2n) is 3.76. The average Bonchev–Trinajstić information content (AvgIpc) is 2.18. The molecule has 0 saturated carbocycles. The summed E-state index contributed by atoms with van der Waals surface area (Å²) in [6.07, 6.45) is 0.897. The highest BCUT2D eigenvalue weighted by molar-refractivity contribution is 5.18. The number of azide groups is 1. The van der Waals surface area contributed by atoms with E-state index in [-0.39, 0.29) is 6.04 Å². The predicted molar refractivity (Wildman–Crippen MR) is 57.8 cm³/mol. The highest BCUT2D eigenvalue weighted by Crippen LogP contribution is 2.24. The van der Waals surface area contributed by atoms with Crippen molar-refractivity contribution in [1.29, 1.82) is 0 Å². The van der Waals surface area contributed by atoms with Gasteiger partial charge >= 0.3 is 0 Å². The Morgan fingerprint density at radius 3 is 2.43 bits per heavy atom. The molecule has 0 spiro atoms. The molecule has 0 aromatic heterocycles. The number of nitrogens with zero attached hydrogens (tertiary/aromatic N) is 3. The van der Waals surface area contributed by atoms with Crippen LogP contribution in [-0.4, -0.2) is 0 Å². The lowest BCUT2D eigenvalue weighted by molar-refractivity contribution is 0.508. The summed E-state index contributed by atoms with van der Waals surface area (Å²) in [5.41, 5.74) is 9.57. The smallest absolute Gasteiger partial charge is 0.0627 e. The van der Waals surface area contributed by atoms with Gasteiger partial charge in [0.1, 0.15) is 0 Å². The largest absolute Gasteiger partial charge is 0.0859 e. The molecule has 0 radical (unpaired) electrons. The molecule has 0 aliphatic carbocycles. The second-order valence-corrected chi connectivity index (χ2v) is 3.76. The van der Waals surface area contributed by atoms with Crippen LogP contribution in [0.4, 0.5) is 0 Å². The van der Waals surface area contributed by atoms with Crippen LogP contribution in [0.15, 0.2) is 35.4 Å². The van der Waals surface area contributed by atoms with E-state index in [4.69, 9.17) is 5.53 Å². The van der Waals surface area contributed by atoms with Gasteiger partial charge in [-0.25, -0.2) is 0 Å². The molecule has 0 heterocycles. The van der Waals surface area contributed by atoms with Gasteiger partial charge in [-0.2, -0.15) is 0 Å². The highest BCUT2D eigenvalue weighted by atomic mass is 15.1. The first-order valence-corrected chi connectivity index (χ1v) is 4.83. The Hall–Kier alpha value is -1.47. The van der Waals surface area contributed by atoms with Crippen molar-refractivity contribution in [2.75, 3.05) is 0 Å². The van der Waals surface area contributed by atoms with Crippen molar-refractivity contribution in [3.05, 3.63) is 46.3 Å². The van der Waals surface area contributed by atoms with E-state index in [9.17, 15) is 0 Å². The van der Waals surface area contributed by atoms with Crippen LogP contribution in [0.2, 0.25) is 0 Å². The fourth-order valence-corrected chi connectivity index (χ4v) is 1.43. The van der Waals surface area contributed by atoms with E-state index in [0.29, 0.717) is 5.92 Å². The SMILES string of the molecule is CC(C)CC(N=[N+]=[N-])c1ccccc1. The Morgan fingerprint density at radius 2 is 1.93 bits per heavy atom. The molecule has 0 bridgehead atoms. The van der Waals surface area contributed by atoms with Gasteiger partial charge in [-0.3, -0.25) is 0 Å². The van der Waals surface area contributed by atoms with Gasteiger partial charge in [0.25, 0.3) is 0 Å². The molecule has 0 fully saturated rings. The maximum absolute atomic E-state index is 8.47. The molecular formula is C11H15N3. The number of rotatable bonds is 4. The van der Waals surface area contributed by atoms with Crippen LogP contribution in [0, 0.1) is 5.92 Å². The van der Waals surface area contributed by atoms with Gasteiger partial charge in [0.05, 0.1) is 6.04 Å². The first kappa shape index (κ1) is 10.6. The van der Waals surface area contributed by atoms with E-state index in [1.54, 1.807) is 0 Å². The van der Waals surface area contributed by atoms with Crippen LogP contribution >= 0.6 is 0 Å². The first-order valence-electron chi connectivity index (χ1n) is 4.83. The minimum absolute atomic E-state index is 0.0267. The molecule has 1 atom stereocenters. The molecule has 74 valence electrons. The molecular weight excluding hydrogens is 174 g/mol. The summed E-state index contributed by atoms with van der Waals surface area (Å²) >= 11 is 0. The van der Waals surface area contributed by atoms with Crippen molar-refractivity contribution >= 4 is 0 Å². The van der Waals surface area contributed by atoms with E-state index in [0.717, 1.165) is 12.0 Å². The molecule has 1 unspecified atom stereocenters. The number of hydrogen-bond donors (Lipinski definition) is 0. The molecule has 0 aliphatic heterocycles. The van der Waals surface area contributed by atoms with E-state index in [2.05, 4.69) is 23.9 Å². The quantitative estimate of drug-likeness (QED) is 0.389. The minimum atomic E-state index is -0.0267. The zero-order chi connectivity index (χ0) is 10.4. The summed E-state index contributed by atoms with van der Waals surface area (Å²) in [7, 11) is 0. The minimum Gasteiger partial charge on any atom is -0.0859 e. The van der Waals surface area contributed by atoms with Gasteiger partial charge in [0.15, 0.2) is 0 Å². The lowest BCUT2D eigenvalue weighted by Gasteiger charge is -2.13. The molecule has 0 saturated heterocycles. The Morgan fingerprint density at radius 1 is 1.29 bits per heavy atom. The molecule has 14 heavy (non-hydrogen) atoms. The van der Waals surface area contributed by atoms with Gasteiger partial charge in [-0.15, -0.1) is 0 Å².